The molecule has 0 unspecified atom stereocenters. The molecular formula is C26H28N4O3. The molecule has 1 aliphatic heterocycles. The summed E-state index contributed by atoms with van der Waals surface area (Å²) in [6.45, 7) is 5.43. The highest BCUT2D eigenvalue weighted by atomic mass is 16.2. The van der Waals surface area contributed by atoms with Crippen molar-refractivity contribution in [2.75, 3.05) is 25.0 Å². The van der Waals surface area contributed by atoms with Crippen LogP contribution in [-0.4, -0.2) is 47.2 Å². The number of aromatic nitrogens is 1. The summed E-state index contributed by atoms with van der Waals surface area (Å²) in [5, 5.41) is 6.57. The van der Waals surface area contributed by atoms with Crippen LogP contribution in [0, 0.1) is 6.92 Å². The Morgan fingerprint density at radius 2 is 1.88 bits per heavy atom. The Morgan fingerprint density at radius 3 is 2.58 bits per heavy atom. The van der Waals surface area contributed by atoms with E-state index in [1.54, 1.807) is 0 Å². The number of rotatable bonds is 7. The molecule has 0 saturated carbocycles. The first kappa shape index (κ1) is 22.5. The van der Waals surface area contributed by atoms with E-state index in [9.17, 15) is 14.4 Å². The van der Waals surface area contributed by atoms with Crippen molar-refractivity contribution in [3.63, 3.8) is 0 Å². The molecular weight excluding hydrogens is 416 g/mol. The van der Waals surface area contributed by atoms with Crippen molar-refractivity contribution in [1.82, 2.24) is 15.2 Å². The third-order valence-electron chi connectivity index (χ3n) is 5.77. The predicted octanol–water partition coefficient (Wildman–Crippen LogP) is 3.91. The summed E-state index contributed by atoms with van der Waals surface area (Å²) in [5.74, 6) is -0.0852. The minimum Gasteiger partial charge on any atom is -0.352 e. The molecule has 7 heteroatoms. The van der Waals surface area contributed by atoms with E-state index in [4.69, 9.17) is 4.98 Å². The number of benzene rings is 2. The van der Waals surface area contributed by atoms with Gasteiger partial charge in [-0.05, 0) is 50.1 Å². The average Bonchev–Trinajstić information content (AvgIpc) is 3.20. The van der Waals surface area contributed by atoms with Crippen molar-refractivity contribution >= 4 is 34.3 Å². The average molecular weight is 445 g/mol. The van der Waals surface area contributed by atoms with Crippen LogP contribution in [0.4, 0.5) is 5.69 Å². The van der Waals surface area contributed by atoms with E-state index in [2.05, 4.69) is 10.6 Å². The second kappa shape index (κ2) is 9.81. The summed E-state index contributed by atoms with van der Waals surface area (Å²) in [6.07, 6.45) is 2.27. The van der Waals surface area contributed by atoms with Crippen LogP contribution in [0.5, 0.6) is 0 Å². The van der Waals surface area contributed by atoms with Crippen molar-refractivity contribution in [1.29, 1.82) is 0 Å². The van der Waals surface area contributed by atoms with Crippen LogP contribution < -0.4 is 10.6 Å². The zero-order chi connectivity index (χ0) is 23.4. The maximum absolute atomic E-state index is 13.1. The van der Waals surface area contributed by atoms with Gasteiger partial charge in [0.1, 0.15) is 0 Å². The van der Waals surface area contributed by atoms with Gasteiger partial charge in [-0.15, -0.1) is 0 Å². The van der Waals surface area contributed by atoms with Crippen LogP contribution in [-0.2, 0) is 9.59 Å². The van der Waals surface area contributed by atoms with E-state index in [0.717, 1.165) is 41.4 Å². The first-order valence-electron chi connectivity index (χ1n) is 11.3. The third kappa shape index (κ3) is 5.37. The number of anilines is 1. The van der Waals surface area contributed by atoms with Gasteiger partial charge in [0.15, 0.2) is 0 Å². The Kier molecular flexibility index (Phi) is 6.68. The van der Waals surface area contributed by atoms with Gasteiger partial charge in [-0.2, -0.15) is 0 Å². The van der Waals surface area contributed by atoms with Crippen LogP contribution in [0.3, 0.4) is 0 Å². The minimum atomic E-state index is -0.156. The molecule has 1 aromatic heterocycles. The lowest BCUT2D eigenvalue weighted by atomic mass is 10.0. The van der Waals surface area contributed by atoms with E-state index in [1.807, 2.05) is 60.4 Å². The predicted molar refractivity (Wildman–Crippen MR) is 129 cm³/mol. The number of hydrogen-bond donors (Lipinski definition) is 2. The number of likely N-dealkylation sites (tertiary alicyclic amines) is 1. The zero-order valence-corrected chi connectivity index (χ0v) is 19.0. The molecule has 1 aliphatic rings. The van der Waals surface area contributed by atoms with Gasteiger partial charge in [-0.1, -0.05) is 23.8 Å². The van der Waals surface area contributed by atoms with E-state index in [0.29, 0.717) is 36.5 Å². The van der Waals surface area contributed by atoms with E-state index in [-0.39, 0.29) is 17.7 Å². The molecule has 2 aromatic carbocycles. The number of carbonyl (C=O) groups excluding carboxylic acids is 3. The highest BCUT2D eigenvalue weighted by Gasteiger charge is 2.19. The molecule has 0 atom stereocenters. The lowest BCUT2D eigenvalue weighted by Crippen LogP contribution is -2.30. The fourth-order valence-corrected chi connectivity index (χ4v) is 4.11. The highest BCUT2D eigenvalue weighted by Crippen LogP contribution is 2.27. The van der Waals surface area contributed by atoms with E-state index >= 15 is 0 Å². The molecule has 170 valence electrons. The quantitative estimate of drug-likeness (QED) is 0.541. The number of pyridine rings is 1. The summed E-state index contributed by atoms with van der Waals surface area (Å²) < 4.78 is 0. The summed E-state index contributed by atoms with van der Waals surface area (Å²) in [5.41, 5.74) is 4.62. The van der Waals surface area contributed by atoms with Crippen LogP contribution in [0.1, 0.15) is 42.1 Å². The van der Waals surface area contributed by atoms with Gasteiger partial charge < -0.3 is 15.5 Å². The van der Waals surface area contributed by atoms with Crippen LogP contribution in [0.25, 0.3) is 22.2 Å². The standard InChI is InChI=1S/C26H28N4O3/c1-17-6-11-23-21(15-17)22(26(33)27-12-4-14-30-13-3-5-25(30)32)16-24(29-23)19-7-9-20(10-8-19)28-18(2)31/h6-11,15-16H,3-5,12-14H2,1-2H3,(H,27,33)(H,28,31). The van der Waals surface area contributed by atoms with Crippen molar-refractivity contribution in [2.24, 2.45) is 0 Å². The van der Waals surface area contributed by atoms with E-state index in [1.165, 1.54) is 6.92 Å². The Bertz CT molecular complexity index is 1200. The number of carbonyl (C=O) groups is 3. The normalized spacial score (nSPS) is 13.4. The van der Waals surface area contributed by atoms with Crippen molar-refractivity contribution in [2.45, 2.75) is 33.1 Å². The lowest BCUT2D eigenvalue weighted by molar-refractivity contribution is -0.127. The van der Waals surface area contributed by atoms with Gasteiger partial charge in [-0.25, -0.2) is 4.98 Å². The maximum atomic E-state index is 13.1. The van der Waals surface area contributed by atoms with Gasteiger partial charge >= 0.3 is 0 Å². The number of nitrogens with one attached hydrogen (secondary N) is 2. The smallest absolute Gasteiger partial charge is 0.252 e. The lowest BCUT2D eigenvalue weighted by Gasteiger charge is -2.16. The molecule has 0 aliphatic carbocycles. The summed E-state index contributed by atoms with van der Waals surface area (Å²) in [6, 6.07) is 15.1. The Balaban J connectivity index is 1.55. The number of aryl methyl sites for hydroxylation is 1. The number of fused-ring (bicyclic) bond motifs is 1. The fraction of sp³-hybridized carbons (Fsp3) is 0.308. The molecule has 0 spiro atoms. The van der Waals surface area contributed by atoms with Crippen LogP contribution in [0.15, 0.2) is 48.5 Å². The van der Waals surface area contributed by atoms with Crippen LogP contribution >= 0.6 is 0 Å². The molecule has 0 bridgehead atoms. The highest BCUT2D eigenvalue weighted by molar-refractivity contribution is 6.07. The molecule has 33 heavy (non-hydrogen) atoms. The first-order chi connectivity index (χ1) is 15.9. The zero-order valence-electron chi connectivity index (χ0n) is 19.0. The maximum Gasteiger partial charge on any atom is 0.252 e. The monoisotopic (exact) mass is 444 g/mol. The molecule has 7 nitrogen and oxygen atoms in total. The summed E-state index contributed by atoms with van der Waals surface area (Å²) >= 11 is 0. The third-order valence-corrected chi connectivity index (χ3v) is 5.77. The van der Waals surface area contributed by atoms with E-state index < -0.39 is 0 Å². The Hall–Kier alpha value is -3.74. The summed E-state index contributed by atoms with van der Waals surface area (Å²) in [4.78, 5) is 42.8. The minimum absolute atomic E-state index is 0.130. The van der Waals surface area contributed by atoms with Crippen molar-refractivity contribution in [3.8, 4) is 11.3 Å². The SMILES string of the molecule is CC(=O)Nc1ccc(-c2cc(C(=O)NCCCN3CCCC3=O)c3cc(C)ccc3n2)cc1. The number of amides is 3. The number of nitrogens with zero attached hydrogens (tertiary/aromatic N) is 2. The summed E-state index contributed by atoms with van der Waals surface area (Å²) in [7, 11) is 0. The topological polar surface area (TPSA) is 91.4 Å². The Morgan fingerprint density at radius 1 is 1.09 bits per heavy atom. The molecule has 2 N–H and O–H groups in total. The second-order valence-electron chi connectivity index (χ2n) is 8.43. The van der Waals surface area contributed by atoms with Crippen molar-refractivity contribution in [3.05, 3.63) is 59.7 Å². The molecule has 0 radical (unpaired) electrons. The molecule has 3 amide bonds. The second-order valence-corrected chi connectivity index (χ2v) is 8.43. The van der Waals surface area contributed by atoms with Gasteiger partial charge in [0.25, 0.3) is 5.91 Å². The molecule has 4 rings (SSSR count). The fourth-order valence-electron chi connectivity index (χ4n) is 4.11. The molecule has 2 heterocycles. The van der Waals surface area contributed by atoms with Gasteiger partial charge in [0.05, 0.1) is 16.8 Å². The largest absolute Gasteiger partial charge is 0.352 e. The molecule has 1 fully saturated rings. The molecule has 3 aromatic rings. The van der Waals surface area contributed by atoms with Gasteiger partial charge in [0, 0.05) is 49.6 Å². The molecule has 1 saturated heterocycles. The van der Waals surface area contributed by atoms with Crippen LogP contribution in [0.2, 0.25) is 0 Å². The Labute approximate surface area is 193 Å². The van der Waals surface area contributed by atoms with Gasteiger partial charge in [-0.3, -0.25) is 14.4 Å². The number of hydrogen-bond acceptors (Lipinski definition) is 4. The first-order valence-corrected chi connectivity index (χ1v) is 11.3. The van der Waals surface area contributed by atoms with Gasteiger partial charge in [0.2, 0.25) is 11.8 Å². The van der Waals surface area contributed by atoms with Crippen molar-refractivity contribution < 1.29 is 14.4 Å².